The molecule has 8 heteroatoms. The smallest absolute Gasteiger partial charge is 0.266 e. The molecular weight excluding hydrogens is 499 g/mol. The molecule has 0 aliphatic carbocycles. The van der Waals surface area contributed by atoms with Gasteiger partial charge in [0, 0.05) is 21.3 Å². The summed E-state index contributed by atoms with van der Waals surface area (Å²) in [5, 5.41) is 13.4. The van der Waals surface area contributed by atoms with Crippen molar-refractivity contribution in [2.24, 2.45) is 0 Å². The summed E-state index contributed by atoms with van der Waals surface area (Å²) in [6.07, 6.45) is 2.38. The number of carbonyl (C=O) groups is 1. The van der Waals surface area contributed by atoms with Gasteiger partial charge in [-0.25, -0.2) is 0 Å². The predicted octanol–water partition coefficient (Wildman–Crippen LogP) is 7.31. The van der Waals surface area contributed by atoms with Crippen LogP contribution in [0.15, 0.2) is 66.2 Å². The van der Waals surface area contributed by atoms with Crippen molar-refractivity contribution >= 4 is 40.9 Å². The molecule has 0 aromatic heterocycles. The normalized spacial score (nSPS) is 10.9. The minimum absolute atomic E-state index is 0.0441. The summed E-state index contributed by atoms with van der Waals surface area (Å²) in [5.74, 6) is 1.26. The fourth-order valence-electron chi connectivity index (χ4n) is 3.16. The Balaban J connectivity index is 1.65. The first-order valence-electron chi connectivity index (χ1n) is 11.4. The summed E-state index contributed by atoms with van der Waals surface area (Å²) >= 11 is 12.1. The summed E-state index contributed by atoms with van der Waals surface area (Å²) in [5.41, 5.74) is 1.94. The maximum absolute atomic E-state index is 12.7. The molecule has 3 aromatic carbocycles. The van der Waals surface area contributed by atoms with Gasteiger partial charge in [-0.3, -0.25) is 4.79 Å². The largest absolute Gasteiger partial charge is 0.490 e. The van der Waals surface area contributed by atoms with Crippen molar-refractivity contribution in [1.82, 2.24) is 0 Å². The Hall–Kier alpha value is -3.66. The Morgan fingerprint density at radius 1 is 0.972 bits per heavy atom. The highest BCUT2D eigenvalue weighted by Crippen LogP contribution is 2.30. The molecule has 3 aromatic rings. The van der Waals surface area contributed by atoms with Gasteiger partial charge in [0.15, 0.2) is 11.5 Å². The number of nitriles is 1. The molecule has 0 radical (unpaired) electrons. The first-order chi connectivity index (χ1) is 17.4. The number of ether oxygens (including phenoxy) is 3. The number of amides is 1. The van der Waals surface area contributed by atoms with E-state index in [-0.39, 0.29) is 12.2 Å². The minimum Gasteiger partial charge on any atom is -0.490 e. The van der Waals surface area contributed by atoms with Crippen LogP contribution in [-0.2, 0) is 11.4 Å². The first-order valence-corrected chi connectivity index (χ1v) is 12.2. The second-order valence-corrected chi connectivity index (χ2v) is 8.50. The van der Waals surface area contributed by atoms with Crippen molar-refractivity contribution in [3.63, 3.8) is 0 Å². The second kappa shape index (κ2) is 13.4. The van der Waals surface area contributed by atoms with Gasteiger partial charge in [0.05, 0.1) is 13.2 Å². The monoisotopic (exact) mass is 524 g/mol. The topological polar surface area (TPSA) is 80.6 Å². The number of anilines is 1. The third-order valence-electron chi connectivity index (χ3n) is 4.93. The van der Waals surface area contributed by atoms with Crippen molar-refractivity contribution in [3.8, 4) is 23.3 Å². The number of benzene rings is 3. The molecule has 3 rings (SSSR count). The summed E-state index contributed by atoms with van der Waals surface area (Å²) in [6.45, 7) is 5.21. The van der Waals surface area contributed by atoms with Crippen molar-refractivity contribution in [1.29, 1.82) is 5.26 Å². The third kappa shape index (κ3) is 7.67. The van der Waals surface area contributed by atoms with E-state index in [1.54, 1.807) is 60.7 Å². The zero-order valence-corrected chi connectivity index (χ0v) is 21.5. The maximum atomic E-state index is 12.7. The number of halogens is 2. The van der Waals surface area contributed by atoms with E-state index in [1.165, 1.54) is 6.08 Å². The fourth-order valence-corrected chi connectivity index (χ4v) is 3.63. The first kappa shape index (κ1) is 26.9. The molecule has 0 aliphatic heterocycles. The third-order valence-corrected chi connectivity index (χ3v) is 5.51. The van der Waals surface area contributed by atoms with E-state index >= 15 is 0 Å². The molecule has 0 saturated carbocycles. The van der Waals surface area contributed by atoms with Crippen LogP contribution in [0.1, 0.15) is 31.4 Å². The molecule has 0 fully saturated rings. The lowest BCUT2D eigenvalue weighted by molar-refractivity contribution is -0.112. The molecule has 0 bridgehead atoms. The highest BCUT2D eigenvalue weighted by atomic mass is 35.5. The summed E-state index contributed by atoms with van der Waals surface area (Å²) in [6, 6.07) is 19.3. The lowest BCUT2D eigenvalue weighted by atomic mass is 10.1. The van der Waals surface area contributed by atoms with Gasteiger partial charge in [-0.05, 0) is 73.5 Å². The SMILES string of the molecule is CCCOc1ccc(/C=C(\C#N)C(=O)Nc2ccc(OCc3ccc(Cl)cc3Cl)cc2)cc1OCC. The van der Waals surface area contributed by atoms with Crippen molar-refractivity contribution in [2.75, 3.05) is 18.5 Å². The van der Waals surface area contributed by atoms with Gasteiger partial charge >= 0.3 is 0 Å². The summed E-state index contributed by atoms with van der Waals surface area (Å²) in [4.78, 5) is 12.7. The van der Waals surface area contributed by atoms with Crippen LogP contribution in [0.25, 0.3) is 6.08 Å². The molecular formula is C28H26Cl2N2O4. The number of carbonyl (C=O) groups excluding carboxylic acids is 1. The van der Waals surface area contributed by atoms with Crippen LogP contribution in [0.3, 0.4) is 0 Å². The van der Waals surface area contributed by atoms with Gasteiger partial charge in [0.1, 0.15) is 24.0 Å². The van der Waals surface area contributed by atoms with E-state index in [0.29, 0.717) is 51.8 Å². The second-order valence-electron chi connectivity index (χ2n) is 7.66. The van der Waals surface area contributed by atoms with Gasteiger partial charge in [-0.1, -0.05) is 42.3 Å². The van der Waals surface area contributed by atoms with E-state index in [9.17, 15) is 10.1 Å². The molecule has 0 unspecified atom stereocenters. The lowest BCUT2D eigenvalue weighted by Crippen LogP contribution is -2.13. The Morgan fingerprint density at radius 2 is 1.75 bits per heavy atom. The van der Waals surface area contributed by atoms with Crippen LogP contribution in [0, 0.1) is 11.3 Å². The lowest BCUT2D eigenvalue weighted by Gasteiger charge is -2.12. The van der Waals surface area contributed by atoms with Gasteiger partial charge in [-0.2, -0.15) is 5.26 Å². The van der Waals surface area contributed by atoms with E-state index in [2.05, 4.69) is 5.32 Å². The highest BCUT2D eigenvalue weighted by Gasteiger charge is 2.12. The van der Waals surface area contributed by atoms with Crippen LogP contribution in [0.2, 0.25) is 10.0 Å². The van der Waals surface area contributed by atoms with E-state index in [0.717, 1.165) is 12.0 Å². The van der Waals surface area contributed by atoms with Crippen molar-refractivity contribution < 1.29 is 19.0 Å². The molecule has 0 heterocycles. The number of hydrogen-bond donors (Lipinski definition) is 1. The van der Waals surface area contributed by atoms with Gasteiger partial charge < -0.3 is 19.5 Å². The average molecular weight is 525 g/mol. The molecule has 0 atom stereocenters. The fraction of sp³-hybridized carbons (Fsp3) is 0.214. The van der Waals surface area contributed by atoms with Crippen LogP contribution < -0.4 is 19.5 Å². The summed E-state index contributed by atoms with van der Waals surface area (Å²) in [7, 11) is 0. The molecule has 0 spiro atoms. The Labute approximate surface area is 221 Å². The van der Waals surface area contributed by atoms with E-state index in [4.69, 9.17) is 37.4 Å². The van der Waals surface area contributed by atoms with Gasteiger partial charge in [0.2, 0.25) is 0 Å². The average Bonchev–Trinajstić information content (AvgIpc) is 2.87. The van der Waals surface area contributed by atoms with Crippen LogP contribution in [0.5, 0.6) is 17.2 Å². The molecule has 186 valence electrons. The molecule has 0 aliphatic rings. The number of hydrogen-bond acceptors (Lipinski definition) is 5. The number of rotatable bonds is 11. The molecule has 1 N–H and O–H groups in total. The predicted molar refractivity (Wildman–Crippen MR) is 143 cm³/mol. The zero-order chi connectivity index (χ0) is 25.9. The van der Waals surface area contributed by atoms with Gasteiger partial charge in [0.25, 0.3) is 5.91 Å². The van der Waals surface area contributed by atoms with Crippen molar-refractivity contribution in [2.45, 2.75) is 26.9 Å². The number of nitrogens with one attached hydrogen (secondary N) is 1. The van der Waals surface area contributed by atoms with Crippen LogP contribution in [-0.4, -0.2) is 19.1 Å². The molecule has 36 heavy (non-hydrogen) atoms. The van der Waals surface area contributed by atoms with E-state index < -0.39 is 5.91 Å². The Morgan fingerprint density at radius 3 is 2.42 bits per heavy atom. The maximum Gasteiger partial charge on any atom is 0.266 e. The quantitative estimate of drug-likeness (QED) is 0.210. The highest BCUT2D eigenvalue weighted by molar-refractivity contribution is 6.35. The minimum atomic E-state index is -0.525. The molecule has 0 saturated heterocycles. The molecule has 1 amide bonds. The molecule has 6 nitrogen and oxygen atoms in total. The van der Waals surface area contributed by atoms with E-state index in [1.807, 2.05) is 19.9 Å². The number of nitrogens with zero attached hydrogens (tertiary/aromatic N) is 1. The Bertz CT molecular complexity index is 1270. The van der Waals surface area contributed by atoms with Crippen LogP contribution >= 0.6 is 23.2 Å². The summed E-state index contributed by atoms with van der Waals surface area (Å²) < 4.78 is 17.1. The van der Waals surface area contributed by atoms with Gasteiger partial charge in [-0.15, -0.1) is 0 Å². The Kier molecular flexibility index (Phi) is 10.1. The van der Waals surface area contributed by atoms with Crippen LogP contribution in [0.4, 0.5) is 5.69 Å². The van der Waals surface area contributed by atoms with Crippen molar-refractivity contribution in [3.05, 3.63) is 87.4 Å². The zero-order valence-electron chi connectivity index (χ0n) is 20.0. The standard InChI is InChI=1S/C28H26Cl2N2O4/c1-3-13-35-26-12-5-19(15-27(26)34-4-2)14-21(17-31)28(33)32-23-8-10-24(11-9-23)36-18-20-6-7-22(29)16-25(20)30/h5-12,14-16H,3-4,13,18H2,1-2H3,(H,32,33)/b21-14+.